The number of nitrogens with zero attached hydrogens (tertiary/aromatic N) is 3. The van der Waals surface area contributed by atoms with Gasteiger partial charge in [0.05, 0.1) is 26.0 Å². The Morgan fingerprint density at radius 1 is 1.00 bits per heavy atom. The first-order chi connectivity index (χ1) is 16.2. The Labute approximate surface area is 196 Å². The number of anilines is 1. The molecule has 8 heteroatoms. The molecule has 2 aromatic rings. The zero-order chi connectivity index (χ0) is 22.9. The third-order valence-corrected chi connectivity index (χ3v) is 6.11. The molecule has 178 valence electrons. The van der Waals surface area contributed by atoms with Crippen molar-refractivity contribution in [3.63, 3.8) is 0 Å². The quantitative estimate of drug-likeness (QED) is 0.661. The van der Waals surface area contributed by atoms with Crippen LogP contribution in [0.25, 0.3) is 0 Å². The lowest BCUT2D eigenvalue weighted by Crippen LogP contribution is -2.51. The van der Waals surface area contributed by atoms with Crippen LogP contribution in [-0.4, -0.2) is 88.6 Å². The highest BCUT2D eigenvalue weighted by Crippen LogP contribution is 2.28. The van der Waals surface area contributed by atoms with Crippen molar-refractivity contribution in [2.75, 3.05) is 77.6 Å². The van der Waals surface area contributed by atoms with Gasteiger partial charge >= 0.3 is 6.03 Å². The molecule has 0 bridgehead atoms. The Morgan fingerprint density at radius 2 is 1.79 bits per heavy atom. The van der Waals surface area contributed by atoms with E-state index in [1.807, 2.05) is 47.4 Å². The molecule has 2 fully saturated rings. The molecule has 33 heavy (non-hydrogen) atoms. The van der Waals surface area contributed by atoms with Gasteiger partial charge in [0.2, 0.25) is 0 Å². The summed E-state index contributed by atoms with van der Waals surface area (Å²) in [6.45, 7) is 8.44. The first-order valence-electron chi connectivity index (χ1n) is 11.7. The Bertz CT molecular complexity index is 895. The molecule has 0 saturated carbocycles. The maximum absolute atomic E-state index is 12.7. The third kappa shape index (κ3) is 6.52. The SMILES string of the molecule is COc1ccccc1N1CCN(C(=O)NCc2cccc(OCCN3CCOCC3)c2)CC1. The zero-order valence-corrected chi connectivity index (χ0v) is 19.4. The van der Waals surface area contributed by atoms with Crippen LogP contribution in [0, 0.1) is 0 Å². The summed E-state index contributed by atoms with van der Waals surface area (Å²) in [5.41, 5.74) is 2.10. The second kappa shape index (κ2) is 11.8. The summed E-state index contributed by atoms with van der Waals surface area (Å²) < 4.78 is 16.8. The summed E-state index contributed by atoms with van der Waals surface area (Å²) >= 11 is 0. The average molecular weight is 455 g/mol. The van der Waals surface area contributed by atoms with Gasteiger partial charge in [-0.1, -0.05) is 24.3 Å². The van der Waals surface area contributed by atoms with Crippen molar-refractivity contribution < 1.29 is 19.0 Å². The molecule has 0 aromatic heterocycles. The van der Waals surface area contributed by atoms with Crippen LogP contribution in [0.4, 0.5) is 10.5 Å². The fourth-order valence-electron chi connectivity index (χ4n) is 4.19. The molecule has 2 aromatic carbocycles. The van der Waals surface area contributed by atoms with E-state index >= 15 is 0 Å². The largest absolute Gasteiger partial charge is 0.495 e. The fraction of sp³-hybridized carbons (Fsp3) is 0.480. The van der Waals surface area contributed by atoms with E-state index in [0.717, 1.165) is 68.7 Å². The number of ether oxygens (including phenoxy) is 3. The summed E-state index contributed by atoms with van der Waals surface area (Å²) in [7, 11) is 1.69. The minimum atomic E-state index is -0.0340. The maximum atomic E-state index is 12.7. The number of morpholine rings is 1. The molecule has 2 heterocycles. The van der Waals surface area contributed by atoms with E-state index in [2.05, 4.69) is 21.2 Å². The van der Waals surface area contributed by atoms with E-state index in [-0.39, 0.29) is 6.03 Å². The molecule has 2 amide bonds. The van der Waals surface area contributed by atoms with E-state index in [9.17, 15) is 4.79 Å². The first kappa shape index (κ1) is 23.2. The number of methoxy groups -OCH3 is 1. The lowest BCUT2D eigenvalue weighted by atomic mass is 10.2. The van der Waals surface area contributed by atoms with E-state index in [0.29, 0.717) is 26.2 Å². The highest BCUT2D eigenvalue weighted by molar-refractivity contribution is 5.74. The molecule has 0 radical (unpaired) electrons. The van der Waals surface area contributed by atoms with Crippen LogP contribution < -0.4 is 19.7 Å². The second-order valence-electron chi connectivity index (χ2n) is 8.25. The highest BCUT2D eigenvalue weighted by atomic mass is 16.5. The van der Waals surface area contributed by atoms with Crippen molar-refractivity contribution in [1.82, 2.24) is 15.1 Å². The molecule has 0 atom stereocenters. The van der Waals surface area contributed by atoms with Crippen molar-refractivity contribution in [2.24, 2.45) is 0 Å². The molecule has 1 N–H and O–H groups in total. The molecular formula is C25H34N4O4. The van der Waals surface area contributed by atoms with E-state index in [4.69, 9.17) is 14.2 Å². The number of hydrogen-bond acceptors (Lipinski definition) is 6. The van der Waals surface area contributed by atoms with E-state index < -0.39 is 0 Å². The van der Waals surface area contributed by atoms with Gasteiger partial charge in [0, 0.05) is 52.4 Å². The van der Waals surface area contributed by atoms with Gasteiger partial charge in [-0.05, 0) is 29.8 Å². The summed E-state index contributed by atoms with van der Waals surface area (Å²) in [5.74, 6) is 1.70. The zero-order valence-electron chi connectivity index (χ0n) is 19.4. The Kier molecular flexibility index (Phi) is 8.27. The van der Waals surface area contributed by atoms with Gasteiger partial charge < -0.3 is 29.3 Å². The number of nitrogens with one attached hydrogen (secondary N) is 1. The maximum Gasteiger partial charge on any atom is 0.317 e. The number of carbonyl (C=O) groups excluding carboxylic acids is 1. The standard InChI is InChI=1S/C25H34N4O4/c1-31-24-8-3-2-7-23(24)28-9-11-29(12-10-28)25(30)26-20-21-5-4-6-22(19-21)33-18-15-27-13-16-32-17-14-27/h2-8,19H,9-18,20H2,1H3,(H,26,30). The van der Waals surface area contributed by atoms with Crippen LogP contribution in [0.1, 0.15) is 5.56 Å². The molecule has 2 aliphatic rings. The van der Waals surface area contributed by atoms with Crippen molar-refractivity contribution in [2.45, 2.75) is 6.54 Å². The Hall–Kier alpha value is -2.97. The predicted octanol–water partition coefficient (Wildman–Crippen LogP) is 2.44. The van der Waals surface area contributed by atoms with E-state index in [1.54, 1.807) is 7.11 Å². The number of piperazine rings is 1. The van der Waals surface area contributed by atoms with Crippen LogP contribution in [0.3, 0.4) is 0 Å². The fourth-order valence-corrected chi connectivity index (χ4v) is 4.19. The highest BCUT2D eigenvalue weighted by Gasteiger charge is 2.22. The van der Waals surface area contributed by atoms with Gasteiger partial charge in [-0.2, -0.15) is 0 Å². The minimum absolute atomic E-state index is 0.0340. The lowest BCUT2D eigenvalue weighted by molar-refractivity contribution is 0.0322. The van der Waals surface area contributed by atoms with Crippen LogP contribution in [-0.2, 0) is 11.3 Å². The number of benzene rings is 2. The van der Waals surface area contributed by atoms with Gasteiger partial charge in [-0.3, -0.25) is 4.90 Å². The Balaban J connectivity index is 1.20. The van der Waals surface area contributed by atoms with Gasteiger partial charge in [-0.15, -0.1) is 0 Å². The van der Waals surface area contributed by atoms with E-state index in [1.165, 1.54) is 0 Å². The smallest absolute Gasteiger partial charge is 0.317 e. The first-order valence-corrected chi connectivity index (χ1v) is 11.7. The predicted molar refractivity (Wildman–Crippen MR) is 128 cm³/mol. The molecule has 2 saturated heterocycles. The van der Waals surface area contributed by atoms with Crippen LogP contribution in [0.15, 0.2) is 48.5 Å². The Morgan fingerprint density at radius 3 is 2.58 bits per heavy atom. The van der Waals surface area contributed by atoms with Gasteiger partial charge in [-0.25, -0.2) is 4.79 Å². The number of hydrogen-bond donors (Lipinski definition) is 1. The molecule has 2 aliphatic heterocycles. The number of amides is 2. The van der Waals surface area contributed by atoms with Crippen molar-refractivity contribution in [3.05, 3.63) is 54.1 Å². The molecule has 0 aliphatic carbocycles. The van der Waals surface area contributed by atoms with Gasteiger partial charge in [0.1, 0.15) is 18.1 Å². The van der Waals surface area contributed by atoms with Crippen LogP contribution in [0.2, 0.25) is 0 Å². The topological polar surface area (TPSA) is 66.5 Å². The third-order valence-electron chi connectivity index (χ3n) is 6.11. The summed E-state index contributed by atoms with van der Waals surface area (Å²) in [6, 6.07) is 15.9. The molecule has 0 unspecified atom stereocenters. The average Bonchev–Trinajstić information content (AvgIpc) is 2.88. The monoisotopic (exact) mass is 454 g/mol. The van der Waals surface area contributed by atoms with Crippen molar-refractivity contribution in [1.29, 1.82) is 0 Å². The van der Waals surface area contributed by atoms with Gasteiger partial charge in [0.25, 0.3) is 0 Å². The normalized spacial score (nSPS) is 17.0. The minimum Gasteiger partial charge on any atom is -0.495 e. The molecule has 0 spiro atoms. The summed E-state index contributed by atoms with van der Waals surface area (Å²) in [5, 5.41) is 3.05. The second-order valence-corrected chi connectivity index (χ2v) is 8.25. The summed E-state index contributed by atoms with van der Waals surface area (Å²) in [6.07, 6.45) is 0. The molecule has 4 rings (SSSR count). The van der Waals surface area contributed by atoms with Crippen LogP contribution in [0.5, 0.6) is 11.5 Å². The number of carbonyl (C=O) groups is 1. The van der Waals surface area contributed by atoms with Crippen molar-refractivity contribution >= 4 is 11.7 Å². The molecule has 8 nitrogen and oxygen atoms in total. The summed E-state index contributed by atoms with van der Waals surface area (Å²) in [4.78, 5) is 19.2. The lowest BCUT2D eigenvalue weighted by Gasteiger charge is -2.36. The number of para-hydroxylation sites is 2. The van der Waals surface area contributed by atoms with Crippen LogP contribution >= 0.6 is 0 Å². The number of urea groups is 1. The number of rotatable bonds is 8. The molecular weight excluding hydrogens is 420 g/mol. The van der Waals surface area contributed by atoms with Crippen molar-refractivity contribution in [3.8, 4) is 11.5 Å². The van der Waals surface area contributed by atoms with Gasteiger partial charge in [0.15, 0.2) is 0 Å².